The Kier molecular flexibility index (Phi) is 3.30. The van der Waals surface area contributed by atoms with E-state index in [0.717, 1.165) is 18.0 Å². The van der Waals surface area contributed by atoms with Crippen LogP contribution in [0.3, 0.4) is 0 Å². The third kappa shape index (κ3) is 1.87. The van der Waals surface area contributed by atoms with E-state index in [4.69, 9.17) is 9.15 Å². The number of nitrogens with one attached hydrogen (secondary N) is 1. The van der Waals surface area contributed by atoms with Gasteiger partial charge in [0.15, 0.2) is 6.39 Å². The lowest BCUT2D eigenvalue weighted by Crippen LogP contribution is -2.17. The molecule has 0 spiro atoms. The standard InChI is InChI=1S/C12H20N2O2/c1-7-8(2)16-9(3)11(7)12-10(5-13-4)14-6-15-12/h6-9,11,13H,5H2,1-4H3. The van der Waals surface area contributed by atoms with Gasteiger partial charge >= 0.3 is 0 Å². The van der Waals surface area contributed by atoms with Gasteiger partial charge in [0.2, 0.25) is 0 Å². The molecule has 4 nitrogen and oxygen atoms in total. The van der Waals surface area contributed by atoms with E-state index in [1.54, 1.807) is 0 Å². The largest absolute Gasteiger partial charge is 0.448 e. The van der Waals surface area contributed by atoms with Crippen molar-refractivity contribution in [3.05, 3.63) is 17.8 Å². The number of oxazole rings is 1. The number of ether oxygens (including phenoxy) is 1. The van der Waals surface area contributed by atoms with Crippen LogP contribution < -0.4 is 5.32 Å². The first-order chi connectivity index (χ1) is 7.65. The molecule has 1 aliphatic rings. The summed E-state index contributed by atoms with van der Waals surface area (Å²) in [5.41, 5.74) is 1.00. The Balaban J connectivity index is 2.25. The number of nitrogens with zero attached hydrogens (tertiary/aromatic N) is 1. The molecule has 0 aromatic carbocycles. The molecule has 0 saturated carbocycles. The molecule has 1 aliphatic heterocycles. The molecule has 1 saturated heterocycles. The highest BCUT2D eigenvalue weighted by Gasteiger charge is 2.41. The summed E-state index contributed by atoms with van der Waals surface area (Å²) < 4.78 is 11.4. The highest BCUT2D eigenvalue weighted by Crippen LogP contribution is 2.40. The smallest absolute Gasteiger partial charge is 0.181 e. The van der Waals surface area contributed by atoms with E-state index in [1.165, 1.54) is 6.39 Å². The van der Waals surface area contributed by atoms with Gasteiger partial charge in [-0.05, 0) is 26.8 Å². The first-order valence-electron chi connectivity index (χ1n) is 5.87. The van der Waals surface area contributed by atoms with Crippen LogP contribution >= 0.6 is 0 Å². The molecular formula is C12H20N2O2. The highest BCUT2D eigenvalue weighted by molar-refractivity contribution is 5.17. The normalized spacial score (nSPS) is 34.5. The second kappa shape index (κ2) is 4.55. The van der Waals surface area contributed by atoms with Crippen molar-refractivity contribution in [2.24, 2.45) is 5.92 Å². The van der Waals surface area contributed by atoms with E-state index in [2.05, 4.69) is 31.1 Å². The van der Waals surface area contributed by atoms with Gasteiger partial charge < -0.3 is 14.5 Å². The van der Waals surface area contributed by atoms with Crippen molar-refractivity contribution >= 4 is 0 Å². The Hall–Kier alpha value is -0.870. The van der Waals surface area contributed by atoms with Crippen LogP contribution in [0.4, 0.5) is 0 Å². The maximum atomic E-state index is 5.83. The molecule has 0 radical (unpaired) electrons. The number of hydrogen-bond acceptors (Lipinski definition) is 4. The lowest BCUT2D eigenvalue weighted by molar-refractivity contribution is 0.0547. The fourth-order valence-electron chi connectivity index (χ4n) is 2.57. The molecule has 16 heavy (non-hydrogen) atoms. The summed E-state index contributed by atoms with van der Waals surface area (Å²) in [7, 11) is 1.92. The molecule has 4 atom stereocenters. The summed E-state index contributed by atoms with van der Waals surface area (Å²) in [4.78, 5) is 4.26. The van der Waals surface area contributed by atoms with Gasteiger partial charge in [-0.1, -0.05) is 6.92 Å². The zero-order valence-electron chi connectivity index (χ0n) is 10.4. The summed E-state index contributed by atoms with van der Waals surface area (Å²) in [6, 6.07) is 0. The monoisotopic (exact) mass is 224 g/mol. The summed E-state index contributed by atoms with van der Waals surface area (Å²) in [5, 5.41) is 3.11. The first-order valence-corrected chi connectivity index (χ1v) is 5.87. The van der Waals surface area contributed by atoms with E-state index >= 15 is 0 Å². The summed E-state index contributed by atoms with van der Waals surface area (Å²) in [6.07, 6.45) is 2.02. The lowest BCUT2D eigenvalue weighted by atomic mass is 9.86. The van der Waals surface area contributed by atoms with Crippen LogP contribution in [-0.2, 0) is 11.3 Å². The van der Waals surface area contributed by atoms with E-state index in [-0.39, 0.29) is 12.2 Å². The molecule has 90 valence electrons. The zero-order valence-corrected chi connectivity index (χ0v) is 10.4. The van der Waals surface area contributed by atoms with Gasteiger partial charge in [-0.3, -0.25) is 0 Å². The fraction of sp³-hybridized carbons (Fsp3) is 0.750. The molecule has 2 heterocycles. The molecule has 0 aliphatic carbocycles. The highest BCUT2D eigenvalue weighted by atomic mass is 16.5. The van der Waals surface area contributed by atoms with Crippen molar-refractivity contribution in [2.75, 3.05) is 7.05 Å². The van der Waals surface area contributed by atoms with Crippen LogP contribution in [0, 0.1) is 5.92 Å². The van der Waals surface area contributed by atoms with Crippen LogP contribution in [0.5, 0.6) is 0 Å². The van der Waals surface area contributed by atoms with Crippen molar-refractivity contribution in [3.8, 4) is 0 Å². The Bertz CT molecular complexity index is 351. The van der Waals surface area contributed by atoms with Crippen LogP contribution in [-0.4, -0.2) is 24.2 Å². The Morgan fingerprint density at radius 3 is 2.62 bits per heavy atom. The third-order valence-corrected chi connectivity index (χ3v) is 3.56. The molecule has 1 fully saturated rings. The third-order valence-electron chi connectivity index (χ3n) is 3.56. The summed E-state index contributed by atoms with van der Waals surface area (Å²) in [6.45, 7) is 7.19. The van der Waals surface area contributed by atoms with Crippen molar-refractivity contribution in [1.29, 1.82) is 0 Å². The average Bonchev–Trinajstić information content (AvgIpc) is 2.75. The minimum Gasteiger partial charge on any atom is -0.448 e. The fourth-order valence-corrected chi connectivity index (χ4v) is 2.57. The van der Waals surface area contributed by atoms with Crippen LogP contribution in [0.2, 0.25) is 0 Å². The number of rotatable bonds is 3. The van der Waals surface area contributed by atoms with Gasteiger partial charge in [0.1, 0.15) is 5.76 Å². The van der Waals surface area contributed by atoms with Crippen LogP contribution in [0.1, 0.15) is 38.1 Å². The maximum absolute atomic E-state index is 5.83. The van der Waals surface area contributed by atoms with Crippen LogP contribution in [0.15, 0.2) is 10.8 Å². The molecular weight excluding hydrogens is 204 g/mol. The van der Waals surface area contributed by atoms with Gasteiger partial charge in [0.25, 0.3) is 0 Å². The predicted octanol–water partition coefficient (Wildman–Crippen LogP) is 1.92. The van der Waals surface area contributed by atoms with E-state index < -0.39 is 0 Å². The minimum atomic E-state index is 0.202. The van der Waals surface area contributed by atoms with E-state index in [1.807, 2.05) is 7.05 Å². The minimum absolute atomic E-state index is 0.202. The van der Waals surface area contributed by atoms with Crippen molar-refractivity contribution in [2.45, 2.75) is 45.4 Å². The summed E-state index contributed by atoms with van der Waals surface area (Å²) >= 11 is 0. The average molecular weight is 224 g/mol. The first kappa shape index (κ1) is 11.6. The second-order valence-electron chi connectivity index (χ2n) is 4.62. The number of aromatic nitrogens is 1. The van der Waals surface area contributed by atoms with Gasteiger partial charge in [-0.2, -0.15) is 0 Å². The Labute approximate surface area is 96.4 Å². The molecule has 1 aromatic rings. The Morgan fingerprint density at radius 2 is 2.06 bits per heavy atom. The van der Waals surface area contributed by atoms with E-state index in [9.17, 15) is 0 Å². The van der Waals surface area contributed by atoms with Crippen molar-refractivity contribution in [1.82, 2.24) is 10.3 Å². The van der Waals surface area contributed by atoms with Crippen molar-refractivity contribution < 1.29 is 9.15 Å². The van der Waals surface area contributed by atoms with E-state index in [0.29, 0.717) is 11.8 Å². The number of hydrogen-bond donors (Lipinski definition) is 1. The topological polar surface area (TPSA) is 47.3 Å². The van der Waals surface area contributed by atoms with Crippen LogP contribution in [0.25, 0.3) is 0 Å². The predicted molar refractivity (Wildman–Crippen MR) is 61.2 cm³/mol. The zero-order chi connectivity index (χ0) is 11.7. The molecule has 0 amide bonds. The maximum Gasteiger partial charge on any atom is 0.181 e. The SMILES string of the molecule is CNCc1ncoc1C1C(C)OC(C)C1C. The van der Waals surface area contributed by atoms with Gasteiger partial charge in [-0.25, -0.2) is 4.98 Å². The quantitative estimate of drug-likeness (QED) is 0.852. The molecule has 2 rings (SSSR count). The van der Waals surface area contributed by atoms with Crippen molar-refractivity contribution in [3.63, 3.8) is 0 Å². The summed E-state index contributed by atoms with van der Waals surface area (Å²) in [5.74, 6) is 1.78. The van der Waals surface area contributed by atoms with Gasteiger partial charge in [-0.15, -0.1) is 0 Å². The Morgan fingerprint density at radius 1 is 1.31 bits per heavy atom. The molecule has 1 N–H and O–H groups in total. The van der Waals surface area contributed by atoms with Gasteiger partial charge in [0, 0.05) is 6.54 Å². The lowest BCUT2D eigenvalue weighted by Gasteiger charge is -2.16. The molecule has 4 heteroatoms. The second-order valence-corrected chi connectivity index (χ2v) is 4.62. The molecule has 0 bridgehead atoms. The van der Waals surface area contributed by atoms with Gasteiger partial charge in [0.05, 0.1) is 23.8 Å². The molecule has 4 unspecified atom stereocenters. The molecule has 1 aromatic heterocycles.